The largest absolute Gasteiger partial charge is 0.359 e. The van der Waals surface area contributed by atoms with E-state index >= 15 is 0 Å². The molecule has 0 fully saturated rings. The lowest BCUT2D eigenvalue weighted by molar-refractivity contribution is -0.129. The highest BCUT2D eigenvalue weighted by Crippen LogP contribution is 2.13. The Kier molecular flexibility index (Phi) is 5.74. The predicted octanol–water partition coefficient (Wildman–Crippen LogP) is -0.222. The van der Waals surface area contributed by atoms with Crippen molar-refractivity contribution in [2.24, 2.45) is 11.1 Å². The van der Waals surface area contributed by atoms with Gasteiger partial charge in [-0.05, 0) is 20.3 Å². The zero-order valence-corrected chi connectivity index (χ0v) is 10.2. The van der Waals surface area contributed by atoms with Gasteiger partial charge < -0.3 is 16.4 Å². The fourth-order valence-corrected chi connectivity index (χ4v) is 1.14. The number of hydrogen-bond donors (Lipinski definition) is 3. The van der Waals surface area contributed by atoms with Crippen LogP contribution in [0.4, 0.5) is 0 Å². The highest BCUT2D eigenvalue weighted by atomic mass is 16.2. The van der Waals surface area contributed by atoms with Gasteiger partial charge in [-0.3, -0.25) is 9.59 Å². The van der Waals surface area contributed by atoms with Crippen molar-refractivity contribution < 1.29 is 9.59 Å². The molecule has 0 heterocycles. The lowest BCUT2D eigenvalue weighted by Crippen LogP contribution is -2.48. The summed E-state index contributed by atoms with van der Waals surface area (Å²) in [5.41, 5.74) is 4.94. The zero-order valence-electron chi connectivity index (χ0n) is 10.2. The summed E-state index contributed by atoms with van der Waals surface area (Å²) in [7, 11) is 1.56. The molecular formula is C11H21N3O2. The Labute approximate surface area is 96.5 Å². The van der Waals surface area contributed by atoms with Gasteiger partial charge in [0.25, 0.3) is 0 Å². The minimum absolute atomic E-state index is 0.120. The Balaban J connectivity index is 4.18. The smallest absolute Gasteiger partial charge is 0.237 e. The van der Waals surface area contributed by atoms with Crippen LogP contribution in [0.2, 0.25) is 0 Å². The molecule has 0 aliphatic carbocycles. The molecule has 0 saturated carbocycles. The Bertz CT molecular complexity index is 274. The van der Waals surface area contributed by atoms with Gasteiger partial charge in [-0.15, -0.1) is 6.58 Å². The van der Waals surface area contributed by atoms with Crippen LogP contribution in [0.5, 0.6) is 0 Å². The Morgan fingerprint density at radius 2 is 2.06 bits per heavy atom. The van der Waals surface area contributed by atoms with Gasteiger partial charge in [0.2, 0.25) is 11.8 Å². The molecule has 4 N–H and O–H groups in total. The first-order valence-corrected chi connectivity index (χ1v) is 5.21. The van der Waals surface area contributed by atoms with Crippen LogP contribution >= 0.6 is 0 Å². The van der Waals surface area contributed by atoms with Crippen LogP contribution in [0.15, 0.2) is 12.7 Å². The maximum atomic E-state index is 11.5. The van der Waals surface area contributed by atoms with Crippen molar-refractivity contribution in [3.05, 3.63) is 12.7 Å². The molecule has 0 rings (SSSR count). The number of carbonyl (C=O) groups is 2. The van der Waals surface area contributed by atoms with Crippen LogP contribution in [-0.4, -0.2) is 31.4 Å². The first kappa shape index (κ1) is 14.6. The van der Waals surface area contributed by atoms with Crippen molar-refractivity contribution in [2.75, 3.05) is 13.6 Å². The van der Waals surface area contributed by atoms with Crippen LogP contribution in [0.3, 0.4) is 0 Å². The van der Waals surface area contributed by atoms with Crippen LogP contribution < -0.4 is 16.4 Å². The number of hydrogen-bond acceptors (Lipinski definition) is 3. The van der Waals surface area contributed by atoms with Gasteiger partial charge in [0.15, 0.2) is 0 Å². The number of nitrogens with one attached hydrogen (secondary N) is 2. The summed E-state index contributed by atoms with van der Waals surface area (Å²) in [4.78, 5) is 22.9. The first-order chi connectivity index (χ1) is 7.35. The van der Waals surface area contributed by atoms with Crippen molar-refractivity contribution in [1.29, 1.82) is 0 Å². The highest BCUT2D eigenvalue weighted by Gasteiger charge is 2.27. The monoisotopic (exact) mass is 227 g/mol. The summed E-state index contributed by atoms with van der Waals surface area (Å²) in [6.07, 6.45) is 2.01. The van der Waals surface area contributed by atoms with Gasteiger partial charge >= 0.3 is 0 Å². The average molecular weight is 227 g/mol. The second kappa shape index (κ2) is 6.27. The van der Waals surface area contributed by atoms with E-state index in [0.717, 1.165) is 0 Å². The van der Waals surface area contributed by atoms with Crippen LogP contribution in [0.25, 0.3) is 0 Å². The van der Waals surface area contributed by atoms with E-state index in [0.29, 0.717) is 6.42 Å². The average Bonchev–Trinajstić information content (AvgIpc) is 2.25. The molecule has 1 atom stereocenters. The molecule has 0 aromatic rings. The van der Waals surface area contributed by atoms with Gasteiger partial charge in [0, 0.05) is 13.6 Å². The maximum Gasteiger partial charge on any atom is 0.237 e. The third-order valence-corrected chi connectivity index (χ3v) is 2.30. The standard InChI is InChI=1S/C11H21N3O2/c1-5-6-8(12)9(15)14-7-11(2,3)10(16)13-4/h5,8H,1,6-7,12H2,2-4H3,(H,13,16)(H,14,15). The van der Waals surface area contributed by atoms with Crippen molar-refractivity contribution in [2.45, 2.75) is 26.3 Å². The summed E-state index contributed by atoms with van der Waals surface area (Å²) in [6, 6.07) is -0.599. The van der Waals surface area contributed by atoms with E-state index in [1.54, 1.807) is 27.0 Å². The summed E-state index contributed by atoms with van der Waals surface area (Å²) in [6.45, 7) is 7.28. The molecule has 2 amide bonds. The summed E-state index contributed by atoms with van der Waals surface area (Å²) >= 11 is 0. The number of carbonyl (C=O) groups excluding carboxylic acids is 2. The fourth-order valence-electron chi connectivity index (χ4n) is 1.14. The molecule has 0 saturated heterocycles. The topological polar surface area (TPSA) is 84.2 Å². The van der Waals surface area contributed by atoms with Crippen molar-refractivity contribution in [1.82, 2.24) is 10.6 Å². The Morgan fingerprint density at radius 3 is 2.50 bits per heavy atom. The molecular weight excluding hydrogens is 206 g/mol. The van der Waals surface area contributed by atoms with Crippen molar-refractivity contribution in [3.63, 3.8) is 0 Å². The molecule has 0 spiro atoms. The Hall–Kier alpha value is -1.36. The highest BCUT2D eigenvalue weighted by molar-refractivity contribution is 5.84. The van der Waals surface area contributed by atoms with E-state index in [4.69, 9.17) is 5.73 Å². The molecule has 5 heteroatoms. The van der Waals surface area contributed by atoms with Crippen LogP contribution in [0, 0.1) is 5.41 Å². The molecule has 1 unspecified atom stereocenters. The third-order valence-electron chi connectivity index (χ3n) is 2.30. The van der Waals surface area contributed by atoms with Gasteiger partial charge in [-0.1, -0.05) is 6.08 Å². The number of amides is 2. The van der Waals surface area contributed by atoms with Gasteiger partial charge in [0.05, 0.1) is 11.5 Å². The second-order valence-corrected chi connectivity index (χ2v) is 4.31. The summed E-state index contributed by atoms with van der Waals surface area (Å²) < 4.78 is 0. The SMILES string of the molecule is C=CCC(N)C(=O)NCC(C)(C)C(=O)NC. The minimum atomic E-state index is -0.641. The predicted molar refractivity (Wildman–Crippen MR) is 63.6 cm³/mol. The summed E-state index contributed by atoms with van der Waals surface area (Å²) in [5, 5.41) is 5.20. The lowest BCUT2D eigenvalue weighted by Gasteiger charge is -2.23. The molecule has 0 aromatic heterocycles. The van der Waals surface area contributed by atoms with E-state index in [2.05, 4.69) is 17.2 Å². The quantitative estimate of drug-likeness (QED) is 0.548. The van der Waals surface area contributed by atoms with E-state index in [1.807, 2.05) is 0 Å². The molecule has 0 aliphatic heterocycles. The van der Waals surface area contributed by atoms with Gasteiger partial charge in [-0.2, -0.15) is 0 Å². The number of rotatable bonds is 6. The molecule has 0 aliphatic rings. The molecule has 92 valence electrons. The molecule has 0 bridgehead atoms. The van der Waals surface area contributed by atoms with Crippen molar-refractivity contribution in [3.8, 4) is 0 Å². The normalized spacial score (nSPS) is 12.8. The molecule has 0 aromatic carbocycles. The van der Waals surface area contributed by atoms with Gasteiger partial charge in [0.1, 0.15) is 0 Å². The third kappa shape index (κ3) is 4.44. The Morgan fingerprint density at radius 1 is 1.50 bits per heavy atom. The van der Waals surface area contributed by atoms with E-state index < -0.39 is 11.5 Å². The zero-order chi connectivity index (χ0) is 12.8. The summed E-state index contributed by atoms with van der Waals surface area (Å²) in [5.74, 6) is -0.387. The van der Waals surface area contributed by atoms with E-state index in [1.165, 1.54) is 0 Å². The molecule has 16 heavy (non-hydrogen) atoms. The van der Waals surface area contributed by atoms with E-state index in [9.17, 15) is 9.59 Å². The fraction of sp³-hybridized carbons (Fsp3) is 0.636. The molecule has 0 radical (unpaired) electrons. The van der Waals surface area contributed by atoms with E-state index in [-0.39, 0.29) is 18.4 Å². The molecule has 5 nitrogen and oxygen atoms in total. The second-order valence-electron chi connectivity index (χ2n) is 4.31. The van der Waals surface area contributed by atoms with Crippen LogP contribution in [-0.2, 0) is 9.59 Å². The number of nitrogens with two attached hydrogens (primary N) is 1. The first-order valence-electron chi connectivity index (χ1n) is 5.21. The van der Waals surface area contributed by atoms with Crippen LogP contribution in [0.1, 0.15) is 20.3 Å². The van der Waals surface area contributed by atoms with Gasteiger partial charge in [-0.25, -0.2) is 0 Å². The lowest BCUT2D eigenvalue weighted by atomic mass is 9.92. The minimum Gasteiger partial charge on any atom is -0.359 e. The van der Waals surface area contributed by atoms with Crippen molar-refractivity contribution >= 4 is 11.8 Å². The maximum absolute atomic E-state index is 11.5.